The van der Waals surface area contributed by atoms with E-state index >= 15 is 0 Å². The number of nitrogens with zero attached hydrogens (tertiary/aromatic N) is 1. The number of hydrogen-bond donors (Lipinski definition) is 2. The molecule has 0 saturated carbocycles. The maximum absolute atomic E-state index is 11.2. The Morgan fingerprint density at radius 3 is 2.80 bits per heavy atom. The van der Waals surface area contributed by atoms with Gasteiger partial charge in [0.2, 0.25) is 0 Å². The molecule has 0 atom stereocenters. The van der Waals surface area contributed by atoms with Crippen LogP contribution in [0, 0.1) is 6.92 Å². The molecule has 2 N–H and O–H groups in total. The van der Waals surface area contributed by atoms with E-state index in [2.05, 4.69) is 10.3 Å². The van der Waals surface area contributed by atoms with Crippen LogP contribution in [0.25, 0.3) is 0 Å². The molecule has 0 aliphatic rings. The van der Waals surface area contributed by atoms with E-state index in [1.165, 1.54) is 6.20 Å². The molecule has 0 fully saturated rings. The van der Waals surface area contributed by atoms with E-state index in [0.717, 1.165) is 5.56 Å². The fourth-order valence-electron chi connectivity index (χ4n) is 1.49. The average molecular weight is 278 g/mol. The molecule has 0 aliphatic heterocycles. The molecule has 1 aromatic heterocycles. The van der Waals surface area contributed by atoms with Crippen molar-refractivity contribution in [1.82, 2.24) is 4.98 Å². The number of aryl methyl sites for hydroxylation is 1. The number of pyridine rings is 1. The van der Waals surface area contributed by atoms with Crippen LogP contribution in [0.5, 0.6) is 0 Å². The van der Waals surface area contributed by atoms with Crippen LogP contribution in [-0.4, -0.2) is 28.6 Å². The third-order valence-corrected chi connectivity index (χ3v) is 2.49. The van der Waals surface area contributed by atoms with Gasteiger partial charge in [-0.15, -0.1) is 0 Å². The molecule has 0 spiro atoms. The third-order valence-electron chi connectivity index (χ3n) is 2.49. The molecule has 0 radical (unpaired) electrons. The van der Waals surface area contributed by atoms with Gasteiger partial charge in [0.1, 0.15) is 5.82 Å². The highest BCUT2D eigenvalue weighted by Crippen LogP contribution is 2.10. The SMILES string of the molecule is CCOC(=O)CC/C(=C/Nc1cc(C)ccn1)C(=O)O. The third kappa shape index (κ3) is 5.51. The number of aromatic nitrogens is 1. The van der Waals surface area contributed by atoms with Crippen molar-refractivity contribution in [2.45, 2.75) is 26.7 Å². The van der Waals surface area contributed by atoms with Crippen LogP contribution < -0.4 is 5.32 Å². The van der Waals surface area contributed by atoms with Crippen LogP contribution in [0.4, 0.5) is 5.82 Å². The van der Waals surface area contributed by atoms with Gasteiger partial charge in [-0.3, -0.25) is 4.79 Å². The number of aliphatic carboxylic acids is 1. The number of carbonyl (C=O) groups is 2. The van der Waals surface area contributed by atoms with Crippen LogP contribution in [-0.2, 0) is 14.3 Å². The summed E-state index contributed by atoms with van der Waals surface area (Å²) in [5, 5.41) is 11.9. The Bertz CT molecular complexity index is 512. The predicted octanol–water partition coefficient (Wildman–Crippen LogP) is 2.11. The van der Waals surface area contributed by atoms with Crippen molar-refractivity contribution in [3.05, 3.63) is 35.7 Å². The molecule has 20 heavy (non-hydrogen) atoms. The van der Waals surface area contributed by atoms with Gasteiger partial charge in [0.25, 0.3) is 0 Å². The number of carboxylic acid groups (broad SMARTS) is 1. The number of ether oxygens (including phenoxy) is 1. The molecule has 0 unspecified atom stereocenters. The lowest BCUT2D eigenvalue weighted by molar-refractivity contribution is -0.143. The molecule has 1 rings (SSSR count). The number of carboxylic acids is 1. The lowest BCUT2D eigenvalue weighted by Crippen LogP contribution is -2.09. The van der Waals surface area contributed by atoms with E-state index in [1.54, 1.807) is 19.2 Å². The fourth-order valence-corrected chi connectivity index (χ4v) is 1.49. The standard InChI is InChI=1S/C14H18N2O4/c1-3-20-13(17)5-4-11(14(18)19)9-16-12-8-10(2)6-7-15-12/h6-9H,3-5H2,1-2H3,(H,15,16)(H,18,19)/b11-9-. The predicted molar refractivity (Wildman–Crippen MR) is 74.2 cm³/mol. The van der Waals surface area contributed by atoms with Gasteiger partial charge in [0, 0.05) is 18.8 Å². The fraction of sp³-hybridized carbons (Fsp3) is 0.357. The van der Waals surface area contributed by atoms with Crippen LogP contribution in [0.1, 0.15) is 25.3 Å². The molecular weight excluding hydrogens is 260 g/mol. The summed E-state index contributed by atoms with van der Waals surface area (Å²) in [7, 11) is 0. The van der Waals surface area contributed by atoms with Crippen LogP contribution >= 0.6 is 0 Å². The van der Waals surface area contributed by atoms with Gasteiger partial charge in [-0.1, -0.05) is 0 Å². The molecular formula is C14H18N2O4. The number of nitrogens with one attached hydrogen (secondary N) is 1. The van der Waals surface area contributed by atoms with E-state index in [1.807, 2.05) is 13.0 Å². The summed E-state index contributed by atoms with van der Waals surface area (Å²) in [6, 6.07) is 3.63. The first-order chi connectivity index (χ1) is 9.52. The van der Waals surface area contributed by atoms with E-state index in [4.69, 9.17) is 9.84 Å². The van der Waals surface area contributed by atoms with E-state index in [-0.39, 0.29) is 25.0 Å². The van der Waals surface area contributed by atoms with E-state index in [9.17, 15) is 9.59 Å². The second-order valence-electron chi connectivity index (χ2n) is 4.14. The van der Waals surface area contributed by atoms with Crippen molar-refractivity contribution in [2.24, 2.45) is 0 Å². The van der Waals surface area contributed by atoms with Crippen molar-refractivity contribution >= 4 is 17.8 Å². The number of carbonyl (C=O) groups excluding carboxylic acids is 1. The number of anilines is 1. The maximum atomic E-state index is 11.2. The van der Waals surface area contributed by atoms with Gasteiger partial charge in [0.05, 0.1) is 12.2 Å². The first-order valence-electron chi connectivity index (χ1n) is 6.30. The number of rotatable bonds is 7. The Balaban J connectivity index is 2.63. The van der Waals surface area contributed by atoms with Crippen LogP contribution in [0.15, 0.2) is 30.1 Å². The molecule has 6 nitrogen and oxygen atoms in total. The zero-order valence-electron chi connectivity index (χ0n) is 11.5. The van der Waals surface area contributed by atoms with Gasteiger partial charge in [-0.2, -0.15) is 0 Å². The summed E-state index contributed by atoms with van der Waals surface area (Å²) in [6.07, 6.45) is 3.12. The van der Waals surface area contributed by atoms with Gasteiger partial charge in [-0.25, -0.2) is 9.78 Å². The minimum absolute atomic E-state index is 0.0366. The largest absolute Gasteiger partial charge is 0.478 e. The summed E-state index contributed by atoms with van der Waals surface area (Å²) in [4.78, 5) is 26.3. The van der Waals surface area contributed by atoms with Crippen molar-refractivity contribution in [1.29, 1.82) is 0 Å². The summed E-state index contributed by atoms with van der Waals surface area (Å²) in [6.45, 7) is 3.91. The first kappa shape index (κ1) is 15.7. The summed E-state index contributed by atoms with van der Waals surface area (Å²) in [5.41, 5.74) is 1.11. The van der Waals surface area contributed by atoms with Gasteiger partial charge >= 0.3 is 11.9 Å². The molecule has 0 bridgehead atoms. The summed E-state index contributed by atoms with van der Waals surface area (Å²) in [5.74, 6) is -0.928. The lowest BCUT2D eigenvalue weighted by atomic mass is 10.1. The number of hydrogen-bond acceptors (Lipinski definition) is 5. The van der Waals surface area contributed by atoms with Crippen LogP contribution in [0.3, 0.4) is 0 Å². The molecule has 0 saturated heterocycles. The molecule has 0 aromatic carbocycles. The summed E-state index contributed by atoms with van der Waals surface area (Å²) >= 11 is 0. The lowest BCUT2D eigenvalue weighted by Gasteiger charge is -2.05. The minimum atomic E-state index is -1.07. The highest BCUT2D eigenvalue weighted by molar-refractivity contribution is 5.87. The zero-order valence-corrected chi connectivity index (χ0v) is 11.5. The highest BCUT2D eigenvalue weighted by atomic mass is 16.5. The Kier molecular flexibility index (Phi) is 6.22. The molecule has 108 valence electrons. The molecule has 6 heteroatoms. The Morgan fingerprint density at radius 2 is 2.20 bits per heavy atom. The summed E-state index contributed by atoms with van der Waals surface area (Å²) < 4.78 is 4.76. The minimum Gasteiger partial charge on any atom is -0.478 e. The van der Waals surface area contributed by atoms with Crippen LogP contribution in [0.2, 0.25) is 0 Å². The van der Waals surface area contributed by atoms with Crippen molar-refractivity contribution in [2.75, 3.05) is 11.9 Å². The van der Waals surface area contributed by atoms with Crippen molar-refractivity contribution in [3.8, 4) is 0 Å². The Morgan fingerprint density at radius 1 is 1.45 bits per heavy atom. The maximum Gasteiger partial charge on any atom is 0.333 e. The first-order valence-corrected chi connectivity index (χ1v) is 6.30. The smallest absolute Gasteiger partial charge is 0.333 e. The molecule has 1 aromatic rings. The van der Waals surface area contributed by atoms with Crippen molar-refractivity contribution < 1.29 is 19.4 Å². The van der Waals surface area contributed by atoms with Gasteiger partial charge in [-0.05, 0) is 38.0 Å². The number of esters is 1. The van der Waals surface area contributed by atoms with Gasteiger partial charge in [0.15, 0.2) is 0 Å². The Hall–Kier alpha value is -2.37. The average Bonchev–Trinajstić information content (AvgIpc) is 2.38. The normalized spacial score (nSPS) is 11.0. The molecule has 0 amide bonds. The highest BCUT2D eigenvalue weighted by Gasteiger charge is 2.11. The van der Waals surface area contributed by atoms with Gasteiger partial charge < -0.3 is 15.2 Å². The second-order valence-corrected chi connectivity index (χ2v) is 4.14. The second kappa shape index (κ2) is 7.93. The van der Waals surface area contributed by atoms with E-state index in [0.29, 0.717) is 5.82 Å². The quantitative estimate of drug-likeness (QED) is 0.586. The zero-order chi connectivity index (χ0) is 15.0. The topological polar surface area (TPSA) is 88.5 Å². The van der Waals surface area contributed by atoms with E-state index < -0.39 is 11.9 Å². The molecule has 1 heterocycles. The monoisotopic (exact) mass is 278 g/mol. The van der Waals surface area contributed by atoms with Crippen molar-refractivity contribution in [3.63, 3.8) is 0 Å². The molecule has 0 aliphatic carbocycles. The Labute approximate surface area is 117 Å².